The Balaban J connectivity index is 0.00000676. The van der Waals surface area contributed by atoms with Gasteiger partial charge in [0.05, 0.1) is 18.8 Å². The van der Waals surface area contributed by atoms with Crippen molar-refractivity contribution >= 4 is 12.4 Å². The van der Waals surface area contributed by atoms with E-state index in [0.717, 1.165) is 18.5 Å². The van der Waals surface area contributed by atoms with Gasteiger partial charge in [0.2, 0.25) is 0 Å². The van der Waals surface area contributed by atoms with E-state index in [9.17, 15) is 10.2 Å². The second kappa shape index (κ2) is 18.7. The third kappa shape index (κ3) is 13.2. The quantitative estimate of drug-likeness (QED) is 0.290. The number of rotatable bonds is 17. The number of benzene rings is 1. The zero-order chi connectivity index (χ0) is 18.9. The average molecular weight is 400 g/mol. The topological polar surface area (TPSA) is 52.5 Å². The fourth-order valence-electron chi connectivity index (χ4n) is 3.41. The van der Waals surface area contributed by atoms with Gasteiger partial charge >= 0.3 is 0 Å². The van der Waals surface area contributed by atoms with Gasteiger partial charge < -0.3 is 15.5 Å². The molecular formula is C23H42ClNO2. The summed E-state index contributed by atoms with van der Waals surface area (Å²) in [6.07, 6.45) is 15.4. The number of hydrogen-bond donors (Lipinski definition) is 3. The predicted molar refractivity (Wildman–Crippen MR) is 119 cm³/mol. The average Bonchev–Trinajstić information content (AvgIpc) is 2.68. The first-order chi connectivity index (χ1) is 12.8. The molecule has 3 nitrogen and oxygen atoms in total. The maximum Gasteiger partial charge on any atom is 0.0965 e. The standard InChI is InChI=1S/C23H41NO2.ClH/c1-2-3-4-5-6-7-8-9-10-11-12-16-19-24-22(20-25)23(26)21-17-14-13-15-18-21;/h13-15,17-18,22-26H,2-12,16,19-20H2,1H3;1H/t22-,23-;/m1./s1. The van der Waals surface area contributed by atoms with E-state index in [1.165, 1.54) is 70.6 Å². The molecule has 0 aliphatic heterocycles. The van der Waals surface area contributed by atoms with Gasteiger partial charge in [-0.3, -0.25) is 0 Å². The number of aliphatic hydroxyl groups is 2. The van der Waals surface area contributed by atoms with Crippen LogP contribution < -0.4 is 5.32 Å². The van der Waals surface area contributed by atoms with Crippen LogP contribution in [0.25, 0.3) is 0 Å². The molecule has 0 spiro atoms. The lowest BCUT2D eigenvalue weighted by Gasteiger charge is -2.22. The molecule has 4 heteroatoms. The van der Waals surface area contributed by atoms with Crippen LogP contribution in [0.5, 0.6) is 0 Å². The summed E-state index contributed by atoms with van der Waals surface area (Å²) in [5, 5.41) is 23.2. The van der Waals surface area contributed by atoms with Crippen molar-refractivity contribution in [2.24, 2.45) is 0 Å². The molecule has 27 heavy (non-hydrogen) atoms. The van der Waals surface area contributed by atoms with Gasteiger partial charge in [-0.1, -0.05) is 108 Å². The van der Waals surface area contributed by atoms with Crippen LogP contribution in [0.4, 0.5) is 0 Å². The molecule has 0 heterocycles. The Hall–Kier alpha value is -0.610. The minimum absolute atomic E-state index is 0. The molecule has 0 saturated heterocycles. The van der Waals surface area contributed by atoms with Gasteiger partial charge in [0.25, 0.3) is 0 Å². The molecule has 0 radical (unpaired) electrons. The molecule has 1 aromatic rings. The van der Waals surface area contributed by atoms with Crippen molar-refractivity contribution in [2.45, 2.75) is 96.1 Å². The van der Waals surface area contributed by atoms with Crippen LogP contribution in [0, 0.1) is 0 Å². The van der Waals surface area contributed by atoms with E-state index >= 15 is 0 Å². The van der Waals surface area contributed by atoms with E-state index in [4.69, 9.17) is 0 Å². The first kappa shape index (κ1) is 26.4. The first-order valence-electron chi connectivity index (χ1n) is 10.9. The highest BCUT2D eigenvalue weighted by Gasteiger charge is 2.18. The van der Waals surface area contributed by atoms with Crippen molar-refractivity contribution in [3.05, 3.63) is 35.9 Å². The van der Waals surface area contributed by atoms with Gasteiger partial charge in [-0.15, -0.1) is 12.4 Å². The van der Waals surface area contributed by atoms with Crippen LogP contribution in [0.15, 0.2) is 30.3 Å². The van der Waals surface area contributed by atoms with Gasteiger partial charge in [-0.25, -0.2) is 0 Å². The fraction of sp³-hybridized carbons (Fsp3) is 0.739. The van der Waals surface area contributed by atoms with Gasteiger partial charge in [0.1, 0.15) is 0 Å². The van der Waals surface area contributed by atoms with Crippen LogP contribution in [0.2, 0.25) is 0 Å². The zero-order valence-electron chi connectivity index (χ0n) is 17.2. The zero-order valence-corrected chi connectivity index (χ0v) is 18.1. The maximum absolute atomic E-state index is 10.3. The normalized spacial score (nSPS) is 13.1. The molecule has 0 aliphatic rings. The van der Waals surface area contributed by atoms with Crippen LogP contribution in [-0.2, 0) is 0 Å². The van der Waals surface area contributed by atoms with Crippen LogP contribution >= 0.6 is 12.4 Å². The summed E-state index contributed by atoms with van der Waals surface area (Å²) in [7, 11) is 0. The highest BCUT2D eigenvalue weighted by molar-refractivity contribution is 5.85. The first-order valence-corrected chi connectivity index (χ1v) is 10.9. The highest BCUT2D eigenvalue weighted by atomic mass is 35.5. The van der Waals surface area contributed by atoms with Crippen molar-refractivity contribution in [3.63, 3.8) is 0 Å². The van der Waals surface area contributed by atoms with Crippen LogP contribution in [-0.4, -0.2) is 29.4 Å². The fourth-order valence-corrected chi connectivity index (χ4v) is 3.41. The van der Waals surface area contributed by atoms with E-state index in [1.54, 1.807) is 0 Å². The second-order valence-corrected chi connectivity index (χ2v) is 7.49. The third-order valence-electron chi connectivity index (χ3n) is 5.16. The molecular weight excluding hydrogens is 358 g/mol. The Morgan fingerprint density at radius 3 is 1.74 bits per heavy atom. The lowest BCUT2D eigenvalue weighted by Crippen LogP contribution is -2.38. The number of unbranched alkanes of at least 4 members (excludes halogenated alkanes) is 11. The molecule has 0 aromatic heterocycles. The molecule has 0 bridgehead atoms. The van der Waals surface area contributed by atoms with E-state index in [1.807, 2.05) is 30.3 Å². The molecule has 0 amide bonds. The van der Waals surface area contributed by atoms with Gasteiger partial charge in [-0.2, -0.15) is 0 Å². The van der Waals surface area contributed by atoms with Crippen molar-refractivity contribution < 1.29 is 10.2 Å². The predicted octanol–water partition coefficient (Wildman–Crippen LogP) is 5.79. The van der Waals surface area contributed by atoms with E-state index in [2.05, 4.69) is 12.2 Å². The Morgan fingerprint density at radius 2 is 1.26 bits per heavy atom. The van der Waals surface area contributed by atoms with Crippen molar-refractivity contribution in [1.82, 2.24) is 5.32 Å². The Labute approximate surface area is 173 Å². The molecule has 0 unspecified atom stereocenters. The Morgan fingerprint density at radius 1 is 0.778 bits per heavy atom. The number of aliphatic hydroxyl groups excluding tert-OH is 2. The summed E-state index contributed by atoms with van der Waals surface area (Å²) >= 11 is 0. The van der Waals surface area contributed by atoms with Crippen LogP contribution in [0.3, 0.4) is 0 Å². The summed E-state index contributed by atoms with van der Waals surface area (Å²) in [5.74, 6) is 0. The largest absolute Gasteiger partial charge is 0.395 e. The number of halogens is 1. The minimum Gasteiger partial charge on any atom is -0.395 e. The molecule has 1 aromatic carbocycles. The Kier molecular flexibility index (Phi) is 18.3. The lowest BCUT2D eigenvalue weighted by atomic mass is 10.0. The molecule has 158 valence electrons. The van der Waals surface area contributed by atoms with Gasteiger partial charge in [0, 0.05) is 0 Å². The summed E-state index contributed by atoms with van der Waals surface area (Å²) in [6, 6.07) is 9.28. The van der Waals surface area contributed by atoms with Crippen molar-refractivity contribution in [3.8, 4) is 0 Å². The monoisotopic (exact) mass is 399 g/mol. The smallest absolute Gasteiger partial charge is 0.0965 e. The number of nitrogens with one attached hydrogen (secondary N) is 1. The summed E-state index contributed by atoms with van der Waals surface area (Å²) in [4.78, 5) is 0. The van der Waals surface area contributed by atoms with E-state index < -0.39 is 6.10 Å². The summed E-state index contributed by atoms with van der Waals surface area (Å²) < 4.78 is 0. The molecule has 0 saturated carbocycles. The summed E-state index contributed by atoms with van der Waals surface area (Å²) in [6.45, 7) is 3.08. The van der Waals surface area contributed by atoms with E-state index in [-0.39, 0.29) is 25.1 Å². The second-order valence-electron chi connectivity index (χ2n) is 7.49. The van der Waals surface area contributed by atoms with Crippen molar-refractivity contribution in [1.29, 1.82) is 0 Å². The van der Waals surface area contributed by atoms with E-state index in [0.29, 0.717) is 0 Å². The maximum atomic E-state index is 10.3. The molecule has 0 aliphatic carbocycles. The van der Waals surface area contributed by atoms with Gasteiger partial charge in [-0.05, 0) is 18.5 Å². The van der Waals surface area contributed by atoms with Crippen molar-refractivity contribution in [2.75, 3.05) is 13.2 Å². The SMILES string of the molecule is CCCCCCCCCCCCCCN[C@H](CO)[C@H](O)c1ccccc1.Cl. The minimum atomic E-state index is -0.654. The number of hydrogen-bond acceptors (Lipinski definition) is 3. The third-order valence-corrected chi connectivity index (χ3v) is 5.16. The summed E-state index contributed by atoms with van der Waals surface area (Å²) in [5.41, 5.74) is 0.855. The molecule has 1 rings (SSSR count). The highest BCUT2D eigenvalue weighted by Crippen LogP contribution is 2.16. The lowest BCUT2D eigenvalue weighted by molar-refractivity contribution is 0.0899. The molecule has 2 atom stereocenters. The molecule has 0 fully saturated rings. The molecule has 3 N–H and O–H groups in total. The van der Waals surface area contributed by atoms with Crippen LogP contribution in [0.1, 0.15) is 95.6 Å². The van der Waals surface area contributed by atoms with Gasteiger partial charge in [0.15, 0.2) is 0 Å². The Bertz CT molecular complexity index is 416.